The highest BCUT2D eigenvalue weighted by Gasteiger charge is 2.38. The molecular weight excluding hydrogens is 687 g/mol. The van der Waals surface area contributed by atoms with E-state index in [1.807, 2.05) is 39.6 Å². The van der Waals surface area contributed by atoms with Gasteiger partial charge >= 0.3 is 11.9 Å². The zero-order valence-electron chi connectivity index (χ0n) is 32.5. The largest absolute Gasteiger partial charge is 0.481 e. The Labute approximate surface area is 312 Å². The van der Waals surface area contributed by atoms with E-state index in [1.54, 1.807) is 31.2 Å². The number of hydrogen-bond acceptors (Lipinski definition) is 10. The summed E-state index contributed by atoms with van der Waals surface area (Å²) in [7, 11) is 1.90. The highest BCUT2D eigenvalue weighted by molar-refractivity contribution is 7.09. The number of hydrogen-bond donors (Lipinski definition) is 4. The van der Waals surface area contributed by atoms with Crippen LogP contribution in [0.2, 0.25) is 0 Å². The number of aliphatic hydroxyl groups excluding tert-OH is 1. The summed E-state index contributed by atoms with van der Waals surface area (Å²) >= 11 is 1.11. The van der Waals surface area contributed by atoms with Gasteiger partial charge in [0, 0.05) is 30.8 Å². The summed E-state index contributed by atoms with van der Waals surface area (Å²) in [5.41, 5.74) is 0.886. The average Bonchev–Trinajstić information content (AvgIpc) is 3.61. The molecule has 3 rings (SSSR count). The maximum absolute atomic E-state index is 14.2. The molecule has 4 N–H and O–H groups in total. The number of likely N-dealkylation sites (N-methyl/N-ethyl adjacent to an activating group) is 1. The minimum Gasteiger partial charge on any atom is -0.481 e. The van der Waals surface area contributed by atoms with Crippen molar-refractivity contribution in [3.63, 3.8) is 0 Å². The third kappa shape index (κ3) is 12.1. The number of aliphatic hydroxyl groups is 1. The van der Waals surface area contributed by atoms with Crippen molar-refractivity contribution in [2.75, 3.05) is 20.3 Å². The van der Waals surface area contributed by atoms with Crippen molar-refractivity contribution in [3.8, 4) is 0 Å². The molecule has 2 heterocycles. The first-order chi connectivity index (χ1) is 25.1. The number of likely N-dealkylation sites (tertiary alicyclic amines) is 1. The molecule has 0 bridgehead atoms. The number of piperidine rings is 1. The topological polar surface area (TPSA) is 178 Å². The van der Waals surface area contributed by atoms with Gasteiger partial charge in [-0.05, 0) is 56.7 Å². The van der Waals surface area contributed by atoms with Crippen LogP contribution in [-0.2, 0) is 30.3 Å². The summed E-state index contributed by atoms with van der Waals surface area (Å²) in [5, 5.41) is 27.9. The van der Waals surface area contributed by atoms with Crippen molar-refractivity contribution in [1.29, 1.82) is 0 Å². The van der Waals surface area contributed by atoms with E-state index in [-0.39, 0.29) is 42.3 Å². The van der Waals surface area contributed by atoms with Crippen LogP contribution in [0.4, 0.5) is 0 Å². The molecule has 1 aromatic heterocycles. The third-order valence-electron chi connectivity index (χ3n) is 9.91. The minimum atomic E-state index is -0.990. The first-order valence-corrected chi connectivity index (χ1v) is 19.1. The standard InChI is InChI=1S/C38H57N5O8S/c1-8-24(4)33(41-35(47)30-16-12-13-17-42(30)7)37(48)43(22-44)31(23(2)3)20-32(51-26(6)45)36-40-29(21-52-36)34(46)39-28(18-25(5)38(49)50)19-27-14-10-9-11-15-27/h9-11,14-15,21,23-25,28,30-33,44H,8,12-13,16-20,22H2,1-7H3,(H,39,46)(H,41,47)(H,49,50)/i9T. The van der Waals surface area contributed by atoms with Crippen molar-refractivity contribution in [1.82, 2.24) is 25.4 Å². The zero-order chi connectivity index (χ0) is 39.4. The molecule has 0 spiro atoms. The highest BCUT2D eigenvalue weighted by atomic mass is 32.1. The number of thiazole rings is 1. The predicted molar refractivity (Wildman–Crippen MR) is 198 cm³/mol. The van der Waals surface area contributed by atoms with Gasteiger partial charge in [0.05, 0.1) is 13.3 Å². The number of esters is 1. The van der Waals surface area contributed by atoms with Crippen LogP contribution >= 0.6 is 11.3 Å². The van der Waals surface area contributed by atoms with Gasteiger partial charge in [-0.2, -0.15) is 0 Å². The molecule has 1 aliphatic rings. The summed E-state index contributed by atoms with van der Waals surface area (Å²) in [4.78, 5) is 73.0. The Bertz CT molecular complexity index is 1540. The number of rotatable bonds is 19. The Kier molecular flexibility index (Phi) is 16.0. The molecule has 7 unspecified atom stereocenters. The second-order valence-electron chi connectivity index (χ2n) is 14.3. The van der Waals surface area contributed by atoms with E-state index < -0.39 is 60.6 Å². The van der Waals surface area contributed by atoms with E-state index in [0.29, 0.717) is 30.3 Å². The Morgan fingerprint density at radius 2 is 1.81 bits per heavy atom. The molecule has 1 aromatic carbocycles. The lowest BCUT2D eigenvalue weighted by atomic mass is 9.92. The number of carbonyl (C=O) groups excluding carboxylic acids is 4. The van der Waals surface area contributed by atoms with Crippen LogP contribution in [0, 0.1) is 17.8 Å². The number of nitrogens with one attached hydrogen (secondary N) is 2. The summed E-state index contributed by atoms with van der Waals surface area (Å²) in [5.74, 6) is -3.95. The van der Waals surface area contributed by atoms with Crippen molar-refractivity contribution in [2.24, 2.45) is 17.8 Å². The van der Waals surface area contributed by atoms with Gasteiger partial charge in [0.25, 0.3) is 5.91 Å². The van der Waals surface area contributed by atoms with E-state index in [1.165, 1.54) is 17.2 Å². The van der Waals surface area contributed by atoms with Crippen molar-refractivity contribution in [2.45, 2.75) is 117 Å². The molecule has 0 aliphatic carbocycles. The summed E-state index contributed by atoms with van der Waals surface area (Å²) in [6.07, 6.45) is 2.83. The van der Waals surface area contributed by atoms with E-state index in [4.69, 9.17) is 6.11 Å². The lowest BCUT2D eigenvalue weighted by molar-refractivity contribution is -0.151. The molecule has 1 saturated heterocycles. The predicted octanol–water partition coefficient (Wildman–Crippen LogP) is 4.41. The number of ether oxygens (including phenoxy) is 1. The first-order valence-electron chi connectivity index (χ1n) is 18.7. The molecule has 13 nitrogen and oxygen atoms in total. The van der Waals surface area contributed by atoms with Crippen LogP contribution < -0.4 is 10.6 Å². The molecule has 2 aromatic rings. The van der Waals surface area contributed by atoms with Gasteiger partial charge in [-0.25, -0.2) is 4.98 Å². The molecule has 3 amide bonds. The van der Waals surface area contributed by atoms with Crippen LogP contribution in [0.15, 0.2) is 35.7 Å². The summed E-state index contributed by atoms with van der Waals surface area (Å²) < 4.78 is 13.5. The van der Waals surface area contributed by atoms with Crippen molar-refractivity contribution < 1.29 is 40.3 Å². The van der Waals surface area contributed by atoms with Gasteiger partial charge in [-0.3, -0.25) is 28.9 Å². The van der Waals surface area contributed by atoms with Gasteiger partial charge in [0.1, 0.15) is 23.5 Å². The smallest absolute Gasteiger partial charge is 0.306 e. The molecular formula is C38H57N5O8S. The number of nitrogens with zero attached hydrogens (tertiary/aromatic N) is 3. The number of carboxylic acid groups (broad SMARTS) is 1. The Morgan fingerprint density at radius 3 is 2.38 bits per heavy atom. The number of amides is 3. The van der Waals surface area contributed by atoms with E-state index in [0.717, 1.165) is 36.3 Å². The quantitative estimate of drug-likeness (QED) is 0.119. The molecule has 288 valence electrons. The lowest BCUT2D eigenvalue weighted by Crippen LogP contribution is -2.59. The van der Waals surface area contributed by atoms with Crippen LogP contribution in [0.5, 0.6) is 0 Å². The maximum Gasteiger partial charge on any atom is 0.306 e. The Balaban J connectivity index is 1.85. The van der Waals surface area contributed by atoms with Gasteiger partial charge in [-0.1, -0.05) is 77.8 Å². The molecule has 7 atom stereocenters. The molecule has 52 heavy (non-hydrogen) atoms. The average molecular weight is 746 g/mol. The lowest BCUT2D eigenvalue weighted by Gasteiger charge is -2.39. The number of carboxylic acids is 1. The molecule has 0 radical (unpaired) electrons. The van der Waals surface area contributed by atoms with Crippen LogP contribution in [0.1, 0.15) is 109 Å². The van der Waals surface area contributed by atoms with Crippen molar-refractivity contribution >= 4 is 41.0 Å². The van der Waals surface area contributed by atoms with E-state index in [9.17, 15) is 34.2 Å². The van der Waals surface area contributed by atoms with Gasteiger partial charge in [0.15, 0.2) is 6.10 Å². The number of carbonyl (C=O) groups is 5. The van der Waals surface area contributed by atoms with Gasteiger partial charge in [0.2, 0.25) is 11.8 Å². The first kappa shape index (κ1) is 40.9. The molecule has 0 saturated carbocycles. The molecule has 1 fully saturated rings. The maximum atomic E-state index is 14.2. The van der Waals surface area contributed by atoms with Crippen LogP contribution in [0.3, 0.4) is 0 Å². The monoisotopic (exact) mass is 745 g/mol. The summed E-state index contributed by atoms with van der Waals surface area (Å²) in [6.45, 7) is 10.6. The van der Waals surface area contributed by atoms with Gasteiger partial charge < -0.3 is 30.5 Å². The summed E-state index contributed by atoms with van der Waals surface area (Å²) in [6, 6.07) is 4.69. The minimum absolute atomic E-state index is 0.0556. The second kappa shape index (κ2) is 20.4. The number of benzene rings is 1. The normalized spacial score (nSPS) is 18.6. The Morgan fingerprint density at radius 1 is 1.12 bits per heavy atom. The molecule has 14 heteroatoms. The molecule has 1 aliphatic heterocycles. The fourth-order valence-electron chi connectivity index (χ4n) is 6.60. The van der Waals surface area contributed by atoms with Crippen LogP contribution in [0.25, 0.3) is 0 Å². The highest BCUT2D eigenvalue weighted by Crippen LogP contribution is 2.31. The van der Waals surface area contributed by atoms with Gasteiger partial charge in [-0.15, -0.1) is 11.3 Å². The van der Waals surface area contributed by atoms with E-state index >= 15 is 0 Å². The third-order valence-corrected chi connectivity index (χ3v) is 10.9. The SMILES string of the molecule is [3H]c1ccc(CC(CC(C)C(=O)O)NC(=O)c2csc(C(CC(C(C)C)N(CO)C(=O)C(NC(=O)C3CCCCN3C)C(C)CC)OC(C)=O)n2)cc1. The van der Waals surface area contributed by atoms with E-state index in [2.05, 4.69) is 15.6 Å². The van der Waals surface area contributed by atoms with Crippen molar-refractivity contribution in [3.05, 3.63) is 52.0 Å². The fourth-order valence-corrected chi connectivity index (χ4v) is 7.44. The van der Waals surface area contributed by atoms with Crippen LogP contribution in [-0.4, -0.2) is 99.1 Å². The number of aromatic nitrogens is 1. The fraction of sp³-hybridized carbons (Fsp3) is 0.632. The number of aliphatic carboxylic acids is 1. The second-order valence-corrected chi connectivity index (χ2v) is 15.2. The zero-order valence-corrected chi connectivity index (χ0v) is 32.3. The Hall–Kier alpha value is -3.88.